The number of benzene rings is 6. The van der Waals surface area contributed by atoms with E-state index in [2.05, 4.69) is 136 Å². The van der Waals surface area contributed by atoms with Crippen molar-refractivity contribution in [3.63, 3.8) is 0 Å². The Bertz CT molecular complexity index is 2090. The Morgan fingerprint density at radius 2 is 0.319 bits per heavy atom. The lowest BCUT2D eigenvalue weighted by molar-refractivity contribution is 1.21. The van der Waals surface area contributed by atoms with Gasteiger partial charge in [0, 0.05) is 9.79 Å². The van der Waals surface area contributed by atoms with Crippen LogP contribution in [0.4, 0.5) is 0 Å². The second-order valence-electron chi connectivity index (χ2n) is 15.0. The van der Waals surface area contributed by atoms with Crippen LogP contribution in [0.25, 0.3) is 43.1 Å². The molecule has 0 nitrogen and oxygen atoms in total. The summed E-state index contributed by atoms with van der Waals surface area (Å²) in [6.45, 7) is 42.3. The predicted octanol–water partition coefficient (Wildman–Crippen LogP) is 14.0. The Hall–Kier alpha value is -3.29. The standard InChI is InChI=1S/C46H54S/c1-19-23(5)31(13)41-37(27(19)9)35(17)38-28(10)20(2)24(6)32(14)42(38)45(41)47-46-43-33(15)25(7)21(3)29(11)39(43)36(18)40-30(12)22(4)26(8)34(16)44(40)46/h1-18H3. The summed E-state index contributed by atoms with van der Waals surface area (Å²) in [6.07, 6.45) is 0. The van der Waals surface area contributed by atoms with Gasteiger partial charge in [-0.1, -0.05) is 11.8 Å². The lowest BCUT2D eigenvalue weighted by Gasteiger charge is -2.28. The van der Waals surface area contributed by atoms with Crippen LogP contribution in [-0.2, 0) is 0 Å². The van der Waals surface area contributed by atoms with Gasteiger partial charge in [0.2, 0.25) is 0 Å². The minimum atomic E-state index is 1.42. The lowest BCUT2D eigenvalue weighted by atomic mass is 9.82. The van der Waals surface area contributed by atoms with E-state index in [0.29, 0.717) is 0 Å². The molecule has 0 spiro atoms. The zero-order chi connectivity index (χ0) is 34.9. The summed E-state index contributed by atoms with van der Waals surface area (Å²) in [6, 6.07) is 0. The minimum Gasteiger partial charge on any atom is -0.0874 e. The van der Waals surface area contributed by atoms with Crippen molar-refractivity contribution in [3.8, 4) is 0 Å². The molecule has 0 unspecified atom stereocenters. The van der Waals surface area contributed by atoms with Gasteiger partial charge < -0.3 is 0 Å². The molecule has 0 amide bonds. The SMILES string of the molecule is Cc1c(C)c(C)c2c(Sc3c4c(C)c(C)c(C)c(C)c4c(C)c4c(C)c(C)c(C)c(C)c34)c3c(C)c(C)c(C)c(C)c3c(C)c2c1C. The molecule has 1 heteroatoms. The van der Waals surface area contributed by atoms with Crippen molar-refractivity contribution in [2.75, 3.05) is 0 Å². The fourth-order valence-corrected chi connectivity index (χ4v) is 10.7. The highest BCUT2D eigenvalue weighted by Crippen LogP contribution is 2.53. The highest BCUT2D eigenvalue weighted by molar-refractivity contribution is 8.00. The number of rotatable bonds is 2. The van der Waals surface area contributed by atoms with Gasteiger partial charge in [0.05, 0.1) is 0 Å². The van der Waals surface area contributed by atoms with E-state index in [-0.39, 0.29) is 0 Å². The fourth-order valence-electron chi connectivity index (χ4n) is 9.07. The molecule has 0 aliphatic carbocycles. The van der Waals surface area contributed by atoms with Crippen LogP contribution in [0.15, 0.2) is 9.79 Å². The van der Waals surface area contributed by atoms with Crippen LogP contribution in [0.3, 0.4) is 0 Å². The van der Waals surface area contributed by atoms with E-state index >= 15 is 0 Å². The summed E-state index contributed by atoms with van der Waals surface area (Å²) in [5, 5.41) is 11.6. The van der Waals surface area contributed by atoms with E-state index in [0.717, 1.165) is 0 Å². The van der Waals surface area contributed by atoms with Gasteiger partial charge in [-0.3, -0.25) is 0 Å². The molecule has 0 aliphatic heterocycles. The zero-order valence-electron chi connectivity index (χ0n) is 32.4. The van der Waals surface area contributed by atoms with Crippen LogP contribution < -0.4 is 0 Å². The van der Waals surface area contributed by atoms with E-state index in [1.54, 1.807) is 0 Å². The summed E-state index contributed by atoms with van der Waals surface area (Å²) in [5.74, 6) is 0. The van der Waals surface area contributed by atoms with E-state index in [4.69, 9.17) is 0 Å². The van der Waals surface area contributed by atoms with Crippen molar-refractivity contribution in [2.24, 2.45) is 0 Å². The van der Waals surface area contributed by atoms with Crippen molar-refractivity contribution in [1.82, 2.24) is 0 Å². The maximum Gasteiger partial charge on any atom is 0.0285 e. The van der Waals surface area contributed by atoms with E-state index in [9.17, 15) is 0 Å². The maximum absolute atomic E-state index is 2.39. The topological polar surface area (TPSA) is 0 Å². The Kier molecular flexibility index (Phi) is 7.96. The molecule has 0 aliphatic rings. The smallest absolute Gasteiger partial charge is 0.0285 e. The molecular formula is C46H54S. The summed E-state index contributed by atoms with van der Waals surface area (Å²) in [5.41, 5.74) is 25.6. The molecule has 0 saturated heterocycles. The van der Waals surface area contributed by atoms with Gasteiger partial charge in [0.15, 0.2) is 0 Å². The molecule has 0 heterocycles. The van der Waals surface area contributed by atoms with Gasteiger partial charge in [-0.2, -0.15) is 0 Å². The highest BCUT2D eigenvalue weighted by atomic mass is 32.2. The summed E-state index contributed by atoms with van der Waals surface area (Å²) in [4.78, 5) is 2.87. The first-order valence-corrected chi connectivity index (χ1v) is 18.2. The highest BCUT2D eigenvalue weighted by Gasteiger charge is 2.27. The fraction of sp³-hybridized carbons (Fsp3) is 0.391. The second-order valence-corrected chi connectivity index (χ2v) is 16.0. The Morgan fingerprint density at radius 1 is 0.170 bits per heavy atom. The van der Waals surface area contributed by atoms with Gasteiger partial charge >= 0.3 is 0 Å². The monoisotopic (exact) mass is 638 g/mol. The molecular weight excluding hydrogens is 585 g/mol. The predicted molar refractivity (Wildman–Crippen MR) is 212 cm³/mol. The normalized spacial score (nSPS) is 12.1. The molecule has 6 aromatic rings. The largest absolute Gasteiger partial charge is 0.0874 e. The molecule has 0 fully saturated rings. The van der Waals surface area contributed by atoms with Crippen LogP contribution in [0.5, 0.6) is 0 Å². The third-order valence-corrected chi connectivity index (χ3v) is 14.6. The number of hydrogen-bond acceptors (Lipinski definition) is 1. The lowest BCUT2D eigenvalue weighted by Crippen LogP contribution is -2.04. The molecule has 0 saturated carbocycles. The van der Waals surface area contributed by atoms with Crippen LogP contribution in [0, 0.1) is 125 Å². The van der Waals surface area contributed by atoms with Gasteiger partial charge in [-0.25, -0.2) is 0 Å². The van der Waals surface area contributed by atoms with Crippen LogP contribution >= 0.6 is 11.8 Å². The molecule has 6 aromatic carbocycles. The summed E-state index contributed by atoms with van der Waals surface area (Å²) >= 11 is 2.07. The summed E-state index contributed by atoms with van der Waals surface area (Å²) < 4.78 is 0. The minimum absolute atomic E-state index is 1.42. The van der Waals surface area contributed by atoms with Gasteiger partial charge in [-0.05, 0) is 268 Å². The van der Waals surface area contributed by atoms with Crippen molar-refractivity contribution >= 4 is 54.9 Å². The number of aryl methyl sites for hydroxylation is 10. The van der Waals surface area contributed by atoms with E-state index < -0.39 is 0 Å². The van der Waals surface area contributed by atoms with E-state index in [1.165, 1.54) is 153 Å². The van der Waals surface area contributed by atoms with Crippen LogP contribution in [-0.4, -0.2) is 0 Å². The molecule has 47 heavy (non-hydrogen) atoms. The van der Waals surface area contributed by atoms with Crippen molar-refractivity contribution in [3.05, 3.63) is 100 Å². The van der Waals surface area contributed by atoms with Gasteiger partial charge in [0.1, 0.15) is 0 Å². The first-order chi connectivity index (χ1) is 21.9. The average Bonchev–Trinajstić information content (AvgIpc) is 3.04. The Balaban J connectivity index is 2.00. The van der Waals surface area contributed by atoms with Crippen molar-refractivity contribution < 1.29 is 0 Å². The number of hydrogen-bond donors (Lipinski definition) is 0. The second kappa shape index (κ2) is 11.1. The number of fused-ring (bicyclic) bond motifs is 4. The van der Waals surface area contributed by atoms with Crippen LogP contribution in [0.2, 0.25) is 0 Å². The van der Waals surface area contributed by atoms with Gasteiger partial charge in [0.25, 0.3) is 0 Å². The first kappa shape index (κ1) is 33.6. The molecule has 0 N–H and O–H groups in total. The molecule has 0 bridgehead atoms. The molecule has 0 radical (unpaired) electrons. The molecule has 244 valence electrons. The summed E-state index contributed by atoms with van der Waals surface area (Å²) in [7, 11) is 0. The Morgan fingerprint density at radius 3 is 0.489 bits per heavy atom. The Labute approximate surface area is 288 Å². The average molecular weight is 639 g/mol. The van der Waals surface area contributed by atoms with Crippen molar-refractivity contribution in [2.45, 2.75) is 134 Å². The van der Waals surface area contributed by atoms with Crippen LogP contribution in [0.1, 0.15) is 100 Å². The third-order valence-electron chi connectivity index (χ3n) is 13.4. The molecule has 0 atom stereocenters. The first-order valence-electron chi connectivity index (χ1n) is 17.4. The van der Waals surface area contributed by atoms with Crippen molar-refractivity contribution in [1.29, 1.82) is 0 Å². The molecule has 0 aromatic heterocycles. The van der Waals surface area contributed by atoms with Gasteiger partial charge in [-0.15, -0.1) is 0 Å². The zero-order valence-corrected chi connectivity index (χ0v) is 33.2. The maximum atomic E-state index is 2.39. The molecule has 6 rings (SSSR count). The van der Waals surface area contributed by atoms with E-state index in [1.807, 2.05) is 0 Å². The third kappa shape index (κ3) is 4.27. The quantitative estimate of drug-likeness (QED) is 0.170.